The summed E-state index contributed by atoms with van der Waals surface area (Å²) in [5, 5.41) is 2.72. The quantitative estimate of drug-likeness (QED) is 0.902. The highest BCUT2D eigenvalue weighted by atomic mass is 16.2. The predicted octanol–water partition coefficient (Wildman–Crippen LogP) is 1.62. The number of hydrogen-bond acceptors (Lipinski definition) is 4. The highest BCUT2D eigenvalue weighted by Crippen LogP contribution is 2.22. The maximum Gasteiger partial charge on any atom is 0.229 e. The standard InChI is InChI=1S/C16H18N4O2/c21-14-6-8-17-10-13(14)19-16(22)12-4-3-9-20(11-12)15-5-1-2-7-18-15/h1-2,5-8,10,12H,3-4,9,11H2,(H,17,21)(H,19,22). The summed E-state index contributed by atoms with van der Waals surface area (Å²) < 4.78 is 0. The van der Waals surface area contributed by atoms with E-state index in [1.54, 1.807) is 12.4 Å². The van der Waals surface area contributed by atoms with Crippen molar-refractivity contribution in [2.75, 3.05) is 23.3 Å². The van der Waals surface area contributed by atoms with E-state index in [0.29, 0.717) is 12.2 Å². The van der Waals surface area contributed by atoms with Gasteiger partial charge >= 0.3 is 0 Å². The van der Waals surface area contributed by atoms with Crippen molar-refractivity contribution in [3.63, 3.8) is 0 Å². The number of hydrogen-bond donors (Lipinski definition) is 2. The Bertz CT molecular complexity index is 699. The van der Waals surface area contributed by atoms with Crippen molar-refractivity contribution in [2.45, 2.75) is 12.8 Å². The minimum Gasteiger partial charge on any atom is -0.366 e. The number of nitrogens with zero attached hydrogens (tertiary/aromatic N) is 2. The molecular weight excluding hydrogens is 280 g/mol. The molecule has 1 atom stereocenters. The van der Waals surface area contributed by atoms with Gasteiger partial charge in [0, 0.05) is 37.7 Å². The summed E-state index contributed by atoms with van der Waals surface area (Å²) >= 11 is 0. The first-order valence-electron chi connectivity index (χ1n) is 7.38. The van der Waals surface area contributed by atoms with Gasteiger partial charge in [-0.15, -0.1) is 0 Å². The second-order valence-corrected chi connectivity index (χ2v) is 5.38. The topological polar surface area (TPSA) is 78.1 Å². The largest absolute Gasteiger partial charge is 0.366 e. The van der Waals surface area contributed by atoms with Crippen LogP contribution in [0.25, 0.3) is 0 Å². The third-order valence-corrected chi connectivity index (χ3v) is 3.85. The van der Waals surface area contributed by atoms with Gasteiger partial charge in [-0.2, -0.15) is 0 Å². The van der Waals surface area contributed by atoms with E-state index in [9.17, 15) is 9.59 Å². The third-order valence-electron chi connectivity index (χ3n) is 3.85. The van der Waals surface area contributed by atoms with Crippen LogP contribution in [-0.4, -0.2) is 29.0 Å². The summed E-state index contributed by atoms with van der Waals surface area (Å²) in [6, 6.07) is 7.16. The predicted molar refractivity (Wildman–Crippen MR) is 84.9 cm³/mol. The lowest BCUT2D eigenvalue weighted by molar-refractivity contribution is -0.120. The van der Waals surface area contributed by atoms with Crippen LogP contribution in [0.15, 0.2) is 47.7 Å². The molecule has 114 valence electrons. The number of anilines is 2. The van der Waals surface area contributed by atoms with Crippen molar-refractivity contribution >= 4 is 17.4 Å². The van der Waals surface area contributed by atoms with Gasteiger partial charge < -0.3 is 15.2 Å². The molecule has 2 aromatic rings. The van der Waals surface area contributed by atoms with E-state index in [-0.39, 0.29) is 17.3 Å². The molecule has 3 rings (SSSR count). The molecule has 0 bridgehead atoms. The van der Waals surface area contributed by atoms with Crippen LogP contribution < -0.4 is 15.6 Å². The molecule has 0 aliphatic carbocycles. The van der Waals surface area contributed by atoms with E-state index in [2.05, 4.69) is 20.2 Å². The van der Waals surface area contributed by atoms with E-state index in [0.717, 1.165) is 25.2 Å². The molecule has 1 unspecified atom stereocenters. The Morgan fingerprint density at radius 3 is 3.05 bits per heavy atom. The maximum absolute atomic E-state index is 12.4. The van der Waals surface area contributed by atoms with Gasteiger partial charge in [-0.1, -0.05) is 6.07 Å². The molecule has 3 heterocycles. The Labute approximate surface area is 128 Å². The number of aromatic nitrogens is 2. The second-order valence-electron chi connectivity index (χ2n) is 5.38. The maximum atomic E-state index is 12.4. The minimum atomic E-state index is -0.190. The molecule has 6 heteroatoms. The van der Waals surface area contributed by atoms with E-state index in [4.69, 9.17) is 0 Å². The molecule has 2 aromatic heterocycles. The van der Waals surface area contributed by atoms with Crippen LogP contribution in [0, 0.1) is 5.92 Å². The molecule has 6 nitrogen and oxygen atoms in total. The van der Waals surface area contributed by atoms with Gasteiger partial charge in [0.1, 0.15) is 11.5 Å². The first kappa shape index (κ1) is 14.3. The second kappa shape index (κ2) is 6.43. The van der Waals surface area contributed by atoms with Crippen LogP contribution in [0.5, 0.6) is 0 Å². The van der Waals surface area contributed by atoms with Crippen molar-refractivity contribution in [2.24, 2.45) is 5.92 Å². The van der Waals surface area contributed by atoms with Gasteiger partial charge in [0.15, 0.2) is 0 Å². The molecule has 1 amide bonds. The third kappa shape index (κ3) is 3.16. The Kier molecular flexibility index (Phi) is 4.18. The lowest BCUT2D eigenvalue weighted by Crippen LogP contribution is -2.41. The molecule has 0 saturated carbocycles. The Hall–Kier alpha value is -2.63. The van der Waals surface area contributed by atoms with Crippen molar-refractivity contribution in [1.82, 2.24) is 9.97 Å². The van der Waals surface area contributed by atoms with E-state index < -0.39 is 0 Å². The van der Waals surface area contributed by atoms with Gasteiger partial charge in [-0.05, 0) is 25.0 Å². The van der Waals surface area contributed by atoms with Gasteiger partial charge in [0.25, 0.3) is 0 Å². The van der Waals surface area contributed by atoms with E-state index in [1.807, 2.05) is 18.2 Å². The van der Waals surface area contributed by atoms with Gasteiger partial charge in [-0.25, -0.2) is 4.98 Å². The molecule has 0 radical (unpaired) electrons. The lowest BCUT2D eigenvalue weighted by Gasteiger charge is -2.32. The number of pyridine rings is 2. The molecule has 1 aliphatic heterocycles. The van der Waals surface area contributed by atoms with Crippen LogP contribution in [0.4, 0.5) is 11.5 Å². The minimum absolute atomic E-state index is 0.114. The first-order chi connectivity index (χ1) is 10.7. The molecule has 2 N–H and O–H groups in total. The van der Waals surface area contributed by atoms with Gasteiger partial charge in [-0.3, -0.25) is 9.59 Å². The summed E-state index contributed by atoms with van der Waals surface area (Å²) in [6.07, 6.45) is 6.56. The zero-order valence-electron chi connectivity index (χ0n) is 12.2. The number of amides is 1. The van der Waals surface area contributed by atoms with Crippen molar-refractivity contribution in [3.05, 3.63) is 53.1 Å². The van der Waals surface area contributed by atoms with Crippen molar-refractivity contribution in [3.8, 4) is 0 Å². The zero-order valence-corrected chi connectivity index (χ0v) is 12.2. The summed E-state index contributed by atoms with van der Waals surface area (Å²) in [4.78, 5) is 33.3. The molecule has 0 spiro atoms. The van der Waals surface area contributed by atoms with Crippen molar-refractivity contribution in [1.29, 1.82) is 0 Å². The van der Waals surface area contributed by atoms with Crippen LogP contribution in [0.3, 0.4) is 0 Å². The number of piperidine rings is 1. The number of carbonyl (C=O) groups excluding carboxylic acids is 1. The van der Waals surface area contributed by atoms with Gasteiger partial charge in [0.2, 0.25) is 11.3 Å². The first-order valence-corrected chi connectivity index (χ1v) is 7.38. The smallest absolute Gasteiger partial charge is 0.229 e. The highest BCUT2D eigenvalue weighted by molar-refractivity contribution is 5.92. The average Bonchev–Trinajstić information content (AvgIpc) is 2.58. The van der Waals surface area contributed by atoms with Gasteiger partial charge in [0.05, 0.1) is 5.92 Å². The van der Waals surface area contributed by atoms with Crippen LogP contribution in [0.1, 0.15) is 12.8 Å². The average molecular weight is 298 g/mol. The van der Waals surface area contributed by atoms with Crippen molar-refractivity contribution < 1.29 is 4.79 Å². The zero-order chi connectivity index (χ0) is 15.4. The SMILES string of the molecule is O=C(Nc1c[nH]ccc1=O)C1CCCN(c2ccccn2)C1. The summed E-state index contributed by atoms with van der Waals surface area (Å²) in [7, 11) is 0. The van der Waals surface area contributed by atoms with Crippen LogP contribution in [0.2, 0.25) is 0 Å². The number of aromatic amines is 1. The number of nitrogens with one attached hydrogen (secondary N) is 2. The summed E-state index contributed by atoms with van der Waals surface area (Å²) in [6.45, 7) is 1.51. The van der Waals surface area contributed by atoms with Crippen LogP contribution in [-0.2, 0) is 4.79 Å². The molecule has 1 saturated heterocycles. The fraction of sp³-hybridized carbons (Fsp3) is 0.312. The molecule has 1 aliphatic rings. The normalized spacial score (nSPS) is 18.0. The monoisotopic (exact) mass is 298 g/mol. The Morgan fingerprint density at radius 2 is 2.27 bits per heavy atom. The molecular formula is C16H18N4O2. The van der Waals surface area contributed by atoms with E-state index in [1.165, 1.54) is 12.3 Å². The lowest BCUT2D eigenvalue weighted by atomic mass is 9.97. The summed E-state index contributed by atoms with van der Waals surface area (Å²) in [5.41, 5.74) is 0.104. The summed E-state index contributed by atoms with van der Waals surface area (Å²) in [5.74, 6) is 0.630. The van der Waals surface area contributed by atoms with Crippen LogP contribution >= 0.6 is 0 Å². The Balaban J connectivity index is 1.68. The fourth-order valence-corrected chi connectivity index (χ4v) is 2.69. The number of H-pyrrole nitrogens is 1. The Morgan fingerprint density at radius 1 is 1.36 bits per heavy atom. The fourth-order valence-electron chi connectivity index (χ4n) is 2.69. The molecule has 1 fully saturated rings. The number of rotatable bonds is 3. The van der Waals surface area contributed by atoms with E-state index >= 15 is 0 Å². The molecule has 0 aromatic carbocycles. The number of carbonyl (C=O) groups is 1. The molecule has 22 heavy (non-hydrogen) atoms. The highest BCUT2D eigenvalue weighted by Gasteiger charge is 2.26.